The van der Waals surface area contributed by atoms with E-state index in [1.807, 2.05) is 7.05 Å². The van der Waals surface area contributed by atoms with Crippen LogP contribution in [0.4, 0.5) is 0 Å². The minimum atomic E-state index is 0.443. The van der Waals surface area contributed by atoms with Gasteiger partial charge >= 0.3 is 0 Å². The number of ether oxygens (including phenoxy) is 1. The number of benzene rings is 1. The molecule has 17 heavy (non-hydrogen) atoms. The highest BCUT2D eigenvalue weighted by molar-refractivity contribution is 5.37. The van der Waals surface area contributed by atoms with Gasteiger partial charge in [0.2, 0.25) is 0 Å². The molecule has 1 aliphatic carbocycles. The Morgan fingerprint density at radius 1 is 1.41 bits per heavy atom. The van der Waals surface area contributed by atoms with Gasteiger partial charge in [0.05, 0.1) is 6.61 Å². The topological polar surface area (TPSA) is 21.3 Å². The summed E-state index contributed by atoms with van der Waals surface area (Å²) in [6, 6.07) is 8.88. The molecule has 0 bridgehead atoms. The Morgan fingerprint density at radius 3 is 2.71 bits per heavy atom. The molecule has 0 aliphatic heterocycles. The highest BCUT2D eigenvalue weighted by Crippen LogP contribution is 2.48. The summed E-state index contributed by atoms with van der Waals surface area (Å²) in [7, 11) is 2.05. The highest BCUT2D eigenvalue weighted by atomic mass is 16.5. The zero-order valence-electron chi connectivity index (χ0n) is 11.1. The Morgan fingerprint density at radius 2 is 2.12 bits per heavy atom. The van der Waals surface area contributed by atoms with Gasteiger partial charge in [0, 0.05) is 11.6 Å². The summed E-state index contributed by atoms with van der Waals surface area (Å²) in [6.45, 7) is 5.26. The first-order chi connectivity index (χ1) is 8.27. The van der Waals surface area contributed by atoms with Crippen molar-refractivity contribution in [2.45, 2.75) is 32.7 Å². The summed E-state index contributed by atoms with van der Waals surface area (Å²) >= 11 is 0. The van der Waals surface area contributed by atoms with Gasteiger partial charge in [0.25, 0.3) is 0 Å². The van der Waals surface area contributed by atoms with Crippen molar-refractivity contribution in [2.75, 3.05) is 13.7 Å². The molecule has 0 saturated heterocycles. The van der Waals surface area contributed by atoms with Gasteiger partial charge in [-0.25, -0.2) is 0 Å². The van der Waals surface area contributed by atoms with Crippen LogP contribution in [0, 0.1) is 11.8 Å². The molecule has 0 spiro atoms. The van der Waals surface area contributed by atoms with Crippen LogP contribution in [-0.2, 0) is 0 Å². The van der Waals surface area contributed by atoms with Crippen LogP contribution in [0.5, 0.6) is 5.75 Å². The number of hydrogen-bond donors (Lipinski definition) is 1. The Kier molecular flexibility index (Phi) is 4.06. The van der Waals surface area contributed by atoms with Gasteiger partial charge < -0.3 is 10.1 Å². The molecule has 2 rings (SSSR count). The van der Waals surface area contributed by atoms with Crippen LogP contribution in [0.3, 0.4) is 0 Å². The standard InChI is InChI=1S/C15H23NO/c1-4-9-17-14-8-6-5-7-12(14)15(16-3)13-10-11(13)2/h5-8,11,13,15-16H,4,9-10H2,1-3H3. The summed E-state index contributed by atoms with van der Waals surface area (Å²) in [4.78, 5) is 0. The van der Waals surface area contributed by atoms with E-state index in [0.717, 1.165) is 30.6 Å². The number of nitrogens with one attached hydrogen (secondary N) is 1. The maximum Gasteiger partial charge on any atom is 0.124 e. The summed E-state index contributed by atoms with van der Waals surface area (Å²) in [5, 5.41) is 3.45. The third kappa shape index (κ3) is 2.81. The Bertz CT molecular complexity index is 364. The Labute approximate surface area is 104 Å². The van der Waals surface area contributed by atoms with E-state index in [0.29, 0.717) is 6.04 Å². The van der Waals surface area contributed by atoms with Crippen LogP contribution in [0.1, 0.15) is 38.3 Å². The van der Waals surface area contributed by atoms with Crippen molar-refractivity contribution in [1.29, 1.82) is 0 Å². The quantitative estimate of drug-likeness (QED) is 0.813. The van der Waals surface area contributed by atoms with Crippen LogP contribution >= 0.6 is 0 Å². The van der Waals surface area contributed by atoms with Crippen LogP contribution in [0.25, 0.3) is 0 Å². The zero-order chi connectivity index (χ0) is 12.3. The molecule has 1 saturated carbocycles. The van der Waals surface area contributed by atoms with E-state index in [1.165, 1.54) is 12.0 Å². The monoisotopic (exact) mass is 233 g/mol. The fraction of sp³-hybridized carbons (Fsp3) is 0.600. The van der Waals surface area contributed by atoms with E-state index >= 15 is 0 Å². The molecular formula is C15H23NO. The molecule has 0 radical (unpaired) electrons. The predicted molar refractivity (Wildman–Crippen MR) is 71.3 cm³/mol. The fourth-order valence-corrected chi connectivity index (χ4v) is 2.50. The molecule has 1 fully saturated rings. The molecule has 1 N–H and O–H groups in total. The minimum absolute atomic E-state index is 0.443. The second kappa shape index (κ2) is 5.54. The SMILES string of the molecule is CCCOc1ccccc1C(NC)C1CC1C. The van der Waals surface area contributed by atoms with Gasteiger partial charge in [0.1, 0.15) is 5.75 Å². The molecule has 94 valence electrons. The molecule has 0 amide bonds. The van der Waals surface area contributed by atoms with E-state index in [2.05, 4.69) is 43.4 Å². The molecule has 3 unspecified atom stereocenters. The molecule has 0 aromatic heterocycles. The summed E-state index contributed by atoms with van der Waals surface area (Å²) in [5.41, 5.74) is 1.32. The number of rotatable bonds is 6. The van der Waals surface area contributed by atoms with E-state index < -0.39 is 0 Å². The second-order valence-corrected chi connectivity index (χ2v) is 5.03. The van der Waals surface area contributed by atoms with Crippen LogP contribution < -0.4 is 10.1 Å². The molecule has 3 atom stereocenters. The fourth-order valence-electron chi connectivity index (χ4n) is 2.50. The van der Waals surface area contributed by atoms with Crippen molar-refractivity contribution in [2.24, 2.45) is 11.8 Å². The van der Waals surface area contributed by atoms with E-state index in [4.69, 9.17) is 4.74 Å². The third-order valence-corrected chi connectivity index (χ3v) is 3.63. The molecule has 1 aliphatic rings. The summed E-state index contributed by atoms with van der Waals surface area (Å²) in [6.07, 6.45) is 2.38. The van der Waals surface area contributed by atoms with E-state index in [1.54, 1.807) is 0 Å². The molecule has 0 heterocycles. The lowest BCUT2D eigenvalue weighted by atomic mass is 10.0. The average molecular weight is 233 g/mol. The van der Waals surface area contributed by atoms with E-state index in [-0.39, 0.29) is 0 Å². The first-order valence-electron chi connectivity index (χ1n) is 6.67. The Balaban J connectivity index is 2.17. The normalized spacial score (nSPS) is 24.4. The van der Waals surface area contributed by atoms with Gasteiger partial charge in [0.15, 0.2) is 0 Å². The van der Waals surface area contributed by atoms with Crippen LogP contribution in [0.15, 0.2) is 24.3 Å². The zero-order valence-corrected chi connectivity index (χ0v) is 11.1. The van der Waals surface area contributed by atoms with E-state index in [9.17, 15) is 0 Å². The van der Waals surface area contributed by atoms with Gasteiger partial charge in [-0.3, -0.25) is 0 Å². The number of para-hydroxylation sites is 1. The molecular weight excluding hydrogens is 210 g/mol. The Hall–Kier alpha value is -1.02. The smallest absolute Gasteiger partial charge is 0.124 e. The molecule has 1 aromatic carbocycles. The first-order valence-corrected chi connectivity index (χ1v) is 6.67. The summed E-state index contributed by atoms with van der Waals surface area (Å²) in [5.74, 6) is 2.66. The van der Waals surface area contributed by atoms with Crippen molar-refractivity contribution >= 4 is 0 Å². The second-order valence-electron chi connectivity index (χ2n) is 5.03. The van der Waals surface area contributed by atoms with Crippen molar-refractivity contribution in [3.05, 3.63) is 29.8 Å². The van der Waals surface area contributed by atoms with Gasteiger partial charge in [-0.15, -0.1) is 0 Å². The lowest BCUT2D eigenvalue weighted by Crippen LogP contribution is -2.20. The largest absolute Gasteiger partial charge is 0.493 e. The van der Waals surface area contributed by atoms with Crippen molar-refractivity contribution in [3.63, 3.8) is 0 Å². The third-order valence-electron chi connectivity index (χ3n) is 3.63. The lowest BCUT2D eigenvalue weighted by Gasteiger charge is -2.20. The van der Waals surface area contributed by atoms with Crippen LogP contribution in [0.2, 0.25) is 0 Å². The summed E-state index contributed by atoms with van der Waals surface area (Å²) < 4.78 is 5.84. The molecule has 1 aromatic rings. The van der Waals surface area contributed by atoms with Crippen molar-refractivity contribution in [3.8, 4) is 5.75 Å². The van der Waals surface area contributed by atoms with Gasteiger partial charge in [-0.1, -0.05) is 32.0 Å². The molecule has 2 nitrogen and oxygen atoms in total. The predicted octanol–water partition coefficient (Wildman–Crippen LogP) is 3.39. The molecule has 2 heteroatoms. The number of hydrogen-bond acceptors (Lipinski definition) is 2. The van der Waals surface area contributed by atoms with Gasteiger partial charge in [-0.05, 0) is 37.8 Å². The first kappa shape index (κ1) is 12.4. The van der Waals surface area contributed by atoms with Crippen LogP contribution in [-0.4, -0.2) is 13.7 Å². The van der Waals surface area contributed by atoms with Crippen molar-refractivity contribution in [1.82, 2.24) is 5.32 Å². The minimum Gasteiger partial charge on any atom is -0.493 e. The maximum atomic E-state index is 5.84. The maximum absolute atomic E-state index is 5.84. The van der Waals surface area contributed by atoms with Gasteiger partial charge in [-0.2, -0.15) is 0 Å². The lowest BCUT2D eigenvalue weighted by molar-refractivity contribution is 0.308. The van der Waals surface area contributed by atoms with Crippen molar-refractivity contribution < 1.29 is 4.74 Å². The highest BCUT2D eigenvalue weighted by Gasteiger charge is 2.40. The average Bonchev–Trinajstić information content (AvgIpc) is 3.06.